The van der Waals surface area contributed by atoms with Crippen LogP contribution in [0.2, 0.25) is 0 Å². The zero-order chi connectivity index (χ0) is 10.5. The third-order valence-corrected chi connectivity index (χ3v) is 2.38. The molecule has 0 rings (SSSR count). The Morgan fingerprint density at radius 1 is 1.15 bits per heavy atom. The van der Waals surface area contributed by atoms with E-state index in [4.69, 9.17) is 20.5 Å². The Bertz CT molecular complexity index is 169. The summed E-state index contributed by atoms with van der Waals surface area (Å²) in [7, 11) is -2.96. The quantitative estimate of drug-likeness (QED) is 0.624. The summed E-state index contributed by atoms with van der Waals surface area (Å²) >= 11 is 0. The molecule has 0 aromatic carbocycles. The van der Waals surface area contributed by atoms with Gasteiger partial charge in [-0.15, -0.1) is 0 Å². The Morgan fingerprint density at radius 2 is 1.46 bits per heavy atom. The highest BCUT2D eigenvalue weighted by molar-refractivity contribution is 7.52. The summed E-state index contributed by atoms with van der Waals surface area (Å²) in [6, 6.07) is -0.292. The van der Waals surface area contributed by atoms with Gasteiger partial charge in [0.15, 0.2) is 0 Å². The summed E-state index contributed by atoms with van der Waals surface area (Å²) in [6.45, 7) is 5.41. The van der Waals surface area contributed by atoms with Gasteiger partial charge in [0, 0.05) is 18.7 Å². The standard InChI is InChI=1S/C7H19N2O3P/c1-6(8)4-11-13(3,10)12-5-7(2)9/h6-7H,4-5,8-9H2,1-3H3. The fraction of sp³-hybridized carbons (Fsp3) is 1.00. The van der Waals surface area contributed by atoms with Crippen molar-refractivity contribution >= 4 is 7.60 Å². The van der Waals surface area contributed by atoms with E-state index in [1.807, 2.05) is 0 Å². The summed E-state index contributed by atoms with van der Waals surface area (Å²) in [5, 5.41) is 0. The van der Waals surface area contributed by atoms with Gasteiger partial charge in [0.1, 0.15) is 0 Å². The van der Waals surface area contributed by atoms with Crippen LogP contribution in [-0.2, 0) is 13.6 Å². The predicted molar refractivity (Wildman–Crippen MR) is 52.7 cm³/mol. The smallest absolute Gasteiger partial charge is 0.326 e. The fourth-order valence-corrected chi connectivity index (χ4v) is 1.63. The summed E-state index contributed by atoms with van der Waals surface area (Å²) in [6.07, 6.45) is 0. The third-order valence-electron chi connectivity index (χ3n) is 1.14. The first-order chi connectivity index (χ1) is 5.83. The van der Waals surface area contributed by atoms with Gasteiger partial charge in [-0.1, -0.05) is 0 Å². The number of rotatable bonds is 6. The normalized spacial score (nSPS) is 20.7. The molecule has 0 aliphatic carbocycles. The van der Waals surface area contributed by atoms with Crippen LogP contribution < -0.4 is 11.5 Å². The van der Waals surface area contributed by atoms with E-state index in [-0.39, 0.29) is 25.3 Å². The minimum atomic E-state index is -2.96. The molecule has 0 amide bonds. The van der Waals surface area contributed by atoms with Gasteiger partial charge in [-0.05, 0) is 13.8 Å². The van der Waals surface area contributed by atoms with E-state index >= 15 is 0 Å². The molecule has 2 atom stereocenters. The van der Waals surface area contributed by atoms with E-state index in [9.17, 15) is 4.57 Å². The number of hydrogen-bond acceptors (Lipinski definition) is 5. The van der Waals surface area contributed by atoms with Crippen LogP contribution in [-0.4, -0.2) is 32.0 Å². The van der Waals surface area contributed by atoms with Gasteiger partial charge >= 0.3 is 7.60 Å². The van der Waals surface area contributed by atoms with E-state index < -0.39 is 7.60 Å². The highest BCUT2D eigenvalue weighted by Crippen LogP contribution is 2.43. The van der Waals surface area contributed by atoms with Crippen molar-refractivity contribution in [3.63, 3.8) is 0 Å². The molecule has 0 radical (unpaired) electrons. The number of nitrogens with two attached hydrogens (primary N) is 2. The Morgan fingerprint density at radius 3 is 1.69 bits per heavy atom. The lowest BCUT2D eigenvalue weighted by molar-refractivity contribution is 0.195. The van der Waals surface area contributed by atoms with E-state index in [1.165, 1.54) is 6.66 Å². The Hall–Kier alpha value is 0.0700. The van der Waals surface area contributed by atoms with Crippen molar-refractivity contribution in [2.75, 3.05) is 19.9 Å². The van der Waals surface area contributed by atoms with Gasteiger partial charge in [0.25, 0.3) is 0 Å². The monoisotopic (exact) mass is 210 g/mol. The van der Waals surface area contributed by atoms with Gasteiger partial charge in [-0.25, -0.2) is 0 Å². The second kappa shape index (κ2) is 5.73. The molecule has 0 spiro atoms. The second-order valence-electron chi connectivity index (χ2n) is 3.32. The third kappa shape index (κ3) is 8.40. The van der Waals surface area contributed by atoms with E-state index in [2.05, 4.69) is 0 Å². The molecule has 0 fully saturated rings. The molecule has 0 aliphatic heterocycles. The van der Waals surface area contributed by atoms with Crippen LogP contribution in [0, 0.1) is 0 Å². The summed E-state index contributed by atoms with van der Waals surface area (Å²) in [5.41, 5.74) is 10.9. The maximum atomic E-state index is 11.5. The van der Waals surface area contributed by atoms with Crippen molar-refractivity contribution in [2.45, 2.75) is 25.9 Å². The lowest BCUT2D eigenvalue weighted by Crippen LogP contribution is -2.23. The van der Waals surface area contributed by atoms with Crippen LogP contribution in [0.5, 0.6) is 0 Å². The molecule has 0 heterocycles. The van der Waals surface area contributed by atoms with Crippen molar-refractivity contribution in [2.24, 2.45) is 11.5 Å². The van der Waals surface area contributed by atoms with Crippen molar-refractivity contribution in [3.05, 3.63) is 0 Å². The van der Waals surface area contributed by atoms with E-state index in [0.29, 0.717) is 0 Å². The molecule has 0 bridgehead atoms. The lowest BCUT2D eigenvalue weighted by Gasteiger charge is -2.16. The molecule has 0 aliphatic rings. The van der Waals surface area contributed by atoms with Crippen molar-refractivity contribution < 1.29 is 13.6 Å². The average Bonchev–Trinajstić information content (AvgIpc) is 1.98. The van der Waals surface area contributed by atoms with Crippen LogP contribution in [0.1, 0.15) is 13.8 Å². The summed E-state index contributed by atoms with van der Waals surface area (Å²) < 4.78 is 21.5. The molecule has 2 unspecified atom stereocenters. The van der Waals surface area contributed by atoms with Gasteiger partial charge in [0.05, 0.1) is 13.2 Å². The largest absolute Gasteiger partial charge is 0.327 e. The van der Waals surface area contributed by atoms with Crippen molar-refractivity contribution in [1.82, 2.24) is 0 Å². The molecule has 80 valence electrons. The van der Waals surface area contributed by atoms with Gasteiger partial charge in [-0.3, -0.25) is 4.57 Å². The van der Waals surface area contributed by atoms with Crippen molar-refractivity contribution in [3.8, 4) is 0 Å². The lowest BCUT2D eigenvalue weighted by atomic mass is 10.4. The van der Waals surface area contributed by atoms with Crippen LogP contribution in [0.15, 0.2) is 0 Å². The maximum Gasteiger partial charge on any atom is 0.327 e. The number of hydrogen-bond donors (Lipinski definition) is 2. The van der Waals surface area contributed by atoms with E-state index in [1.54, 1.807) is 13.8 Å². The molecule has 4 N–H and O–H groups in total. The molecule has 0 aromatic rings. The average molecular weight is 210 g/mol. The van der Waals surface area contributed by atoms with Crippen LogP contribution in [0.4, 0.5) is 0 Å². The predicted octanol–water partition coefficient (Wildman–Crippen LogP) is 0.537. The minimum absolute atomic E-state index is 0.146. The molecule has 0 saturated heterocycles. The summed E-state index contributed by atoms with van der Waals surface area (Å²) in [4.78, 5) is 0. The summed E-state index contributed by atoms with van der Waals surface area (Å²) in [5.74, 6) is 0. The Labute approximate surface area is 79.3 Å². The van der Waals surface area contributed by atoms with Gasteiger partial charge < -0.3 is 20.5 Å². The minimum Gasteiger partial charge on any atom is -0.326 e. The highest BCUT2D eigenvalue weighted by atomic mass is 31.2. The molecule has 0 aromatic heterocycles. The first kappa shape index (κ1) is 13.1. The zero-order valence-electron chi connectivity index (χ0n) is 8.40. The zero-order valence-corrected chi connectivity index (χ0v) is 9.29. The maximum absolute atomic E-state index is 11.5. The second-order valence-corrected chi connectivity index (χ2v) is 5.38. The van der Waals surface area contributed by atoms with Crippen LogP contribution >= 0.6 is 7.60 Å². The SMILES string of the molecule is CC(N)COP(C)(=O)OCC(C)N. The molecule has 0 saturated carbocycles. The highest BCUT2D eigenvalue weighted by Gasteiger charge is 2.17. The Balaban J connectivity index is 3.74. The van der Waals surface area contributed by atoms with Crippen LogP contribution in [0.25, 0.3) is 0 Å². The first-order valence-corrected chi connectivity index (χ1v) is 6.20. The van der Waals surface area contributed by atoms with Crippen LogP contribution in [0.3, 0.4) is 0 Å². The molecule has 6 heteroatoms. The van der Waals surface area contributed by atoms with Gasteiger partial charge in [-0.2, -0.15) is 0 Å². The molecular weight excluding hydrogens is 191 g/mol. The molecule has 13 heavy (non-hydrogen) atoms. The topological polar surface area (TPSA) is 87.6 Å². The molecule has 5 nitrogen and oxygen atoms in total. The Kier molecular flexibility index (Phi) is 5.76. The first-order valence-electron chi connectivity index (χ1n) is 4.21. The van der Waals surface area contributed by atoms with Gasteiger partial charge in [0.2, 0.25) is 0 Å². The fourth-order valence-electron chi connectivity index (χ4n) is 0.543. The van der Waals surface area contributed by atoms with Crippen molar-refractivity contribution in [1.29, 1.82) is 0 Å². The molecular formula is C7H19N2O3P. The van der Waals surface area contributed by atoms with E-state index in [0.717, 1.165) is 0 Å².